The fourth-order valence-electron chi connectivity index (χ4n) is 5.51. The van der Waals surface area contributed by atoms with Crippen LogP contribution in [0.3, 0.4) is 0 Å². The van der Waals surface area contributed by atoms with Crippen LogP contribution in [0.4, 0.5) is 0 Å². The van der Waals surface area contributed by atoms with Crippen LogP contribution in [-0.4, -0.2) is 16.0 Å². The Kier molecular flexibility index (Phi) is 29.4. The molecule has 0 aliphatic rings. The van der Waals surface area contributed by atoms with E-state index in [0.29, 0.717) is 12.8 Å². The van der Waals surface area contributed by atoms with Crippen molar-refractivity contribution < 1.29 is 10.2 Å². The predicted molar refractivity (Wildman–Crippen MR) is 162 cm³/mol. The van der Waals surface area contributed by atoms with Gasteiger partial charge in [0, 0.05) is 12.8 Å². The third-order valence-corrected chi connectivity index (χ3v) is 8.11. The topological polar surface area (TPSA) is 40.5 Å². The third-order valence-electron chi connectivity index (χ3n) is 8.11. The van der Waals surface area contributed by atoms with Crippen LogP contribution in [-0.2, 0) is 0 Å². The molecule has 0 radical (unpaired) electrons. The van der Waals surface area contributed by atoms with E-state index in [1.165, 1.54) is 161 Å². The summed E-state index contributed by atoms with van der Waals surface area (Å²) >= 11 is 0. The zero-order chi connectivity index (χ0) is 26.4. The predicted octanol–water partition coefficient (Wildman–Crippen LogP) is 11.8. The van der Waals surface area contributed by atoms with Crippen molar-refractivity contribution in [3.05, 3.63) is 0 Å². The Balaban J connectivity index is 3.27. The summed E-state index contributed by atoms with van der Waals surface area (Å²) in [7, 11) is 0. The van der Waals surface area contributed by atoms with Crippen LogP contribution >= 0.6 is 0 Å². The summed E-state index contributed by atoms with van der Waals surface area (Å²) in [6.07, 6.45) is 40.1. The van der Waals surface area contributed by atoms with Gasteiger partial charge in [-0.1, -0.05) is 187 Å². The Bertz CT molecular complexity index is 393. The first kappa shape index (κ1) is 35.9. The van der Waals surface area contributed by atoms with Gasteiger partial charge in [-0.2, -0.15) is 0 Å². The molecular weight excluding hydrogens is 440 g/mol. The second-order valence-corrected chi connectivity index (χ2v) is 12.0. The van der Waals surface area contributed by atoms with Gasteiger partial charge in [-0.25, -0.2) is 0 Å². The number of hydrogen-bond donors (Lipinski definition) is 2. The summed E-state index contributed by atoms with van der Waals surface area (Å²) in [5.41, 5.74) is 0. The van der Waals surface area contributed by atoms with Crippen molar-refractivity contribution in [3.8, 4) is 0 Å². The maximum Gasteiger partial charge on any atom is 0.162 e. The van der Waals surface area contributed by atoms with Crippen molar-refractivity contribution >= 4 is 0 Å². The minimum Gasteiger partial charge on any atom is -0.366 e. The van der Waals surface area contributed by atoms with E-state index in [2.05, 4.69) is 13.8 Å². The summed E-state index contributed by atoms with van der Waals surface area (Å²) in [5.74, 6) is -1.42. The molecule has 2 N–H and O–H groups in total. The highest BCUT2D eigenvalue weighted by atomic mass is 16.5. The van der Waals surface area contributed by atoms with Gasteiger partial charge in [0.25, 0.3) is 0 Å². The lowest BCUT2D eigenvalue weighted by Gasteiger charge is -2.21. The second-order valence-electron chi connectivity index (χ2n) is 12.0. The van der Waals surface area contributed by atoms with E-state index in [1.807, 2.05) is 0 Å². The molecule has 0 aromatic heterocycles. The second kappa shape index (κ2) is 29.5. The standard InChI is InChI=1S/C34H70O2/c1-3-5-7-9-11-13-15-17-18-19-21-23-25-27-29-31-33-34(35,36)32-30-28-26-24-22-20-16-14-12-10-8-6-4-2/h35-36H,3-33H2,1-2H3. The Hall–Kier alpha value is -0.0800. The average Bonchev–Trinajstić information content (AvgIpc) is 2.86. The Morgan fingerprint density at radius 3 is 0.639 bits per heavy atom. The molecule has 0 bridgehead atoms. The molecule has 0 atom stereocenters. The van der Waals surface area contributed by atoms with Crippen molar-refractivity contribution in [3.63, 3.8) is 0 Å². The molecule has 36 heavy (non-hydrogen) atoms. The molecule has 0 rings (SSSR count). The lowest BCUT2D eigenvalue weighted by molar-refractivity contribution is -0.172. The molecule has 2 heteroatoms. The van der Waals surface area contributed by atoms with Crippen LogP contribution < -0.4 is 0 Å². The average molecular weight is 511 g/mol. The Morgan fingerprint density at radius 2 is 0.444 bits per heavy atom. The zero-order valence-corrected chi connectivity index (χ0v) is 25.3. The molecule has 0 saturated carbocycles. The van der Waals surface area contributed by atoms with E-state index in [1.54, 1.807) is 0 Å². The summed E-state index contributed by atoms with van der Waals surface area (Å²) < 4.78 is 0. The third kappa shape index (κ3) is 30.1. The van der Waals surface area contributed by atoms with Gasteiger partial charge in [0.2, 0.25) is 0 Å². The van der Waals surface area contributed by atoms with Gasteiger partial charge in [0.05, 0.1) is 0 Å². The molecule has 0 unspecified atom stereocenters. The molecule has 0 aliphatic carbocycles. The van der Waals surface area contributed by atoms with Gasteiger partial charge in [-0.3, -0.25) is 0 Å². The number of rotatable bonds is 31. The molecule has 2 nitrogen and oxygen atoms in total. The van der Waals surface area contributed by atoms with E-state index >= 15 is 0 Å². The van der Waals surface area contributed by atoms with E-state index in [4.69, 9.17) is 0 Å². The first-order chi connectivity index (χ1) is 17.6. The molecular formula is C34H70O2. The van der Waals surface area contributed by atoms with Gasteiger partial charge in [0.15, 0.2) is 5.79 Å². The van der Waals surface area contributed by atoms with Crippen LogP contribution in [0.25, 0.3) is 0 Å². The van der Waals surface area contributed by atoms with Crippen LogP contribution in [0, 0.1) is 0 Å². The smallest absolute Gasteiger partial charge is 0.162 e. The fraction of sp³-hybridized carbons (Fsp3) is 1.00. The summed E-state index contributed by atoms with van der Waals surface area (Å²) in [6.45, 7) is 4.57. The molecule has 0 amide bonds. The van der Waals surface area contributed by atoms with Crippen molar-refractivity contribution in [1.29, 1.82) is 0 Å². The molecule has 0 heterocycles. The number of unbranched alkanes of at least 4 members (excludes halogenated alkanes) is 27. The molecule has 0 fully saturated rings. The highest BCUT2D eigenvalue weighted by Crippen LogP contribution is 2.21. The summed E-state index contributed by atoms with van der Waals surface area (Å²) in [4.78, 5) is 0. The van der Waals surface area contributed by atoms with E-state index < -0.39 is 5.79 Å². The zero-order valence-electron chi connectivity index (χ0n) is 25.3. The highest BCUT2D eigenvalue weighted by Gasteiger charge is 2.21. The normalized spacial score (nSPS) is 12.0. The van der Waals surface area contributed by atoms with Gasteiger partial charge < -0.3 is 10.2 Å². The van der Waals surface area contributed by atoms with Crippen molar-refractivity contribution in [2.75, 3.05) is 0 Å². The highest BCUT2D eigenvalue weighted by molar-refractivity contribution is 4.65. The minimum atomic E-state index is -1.42. The lowest BCUT2D eigenvalue weighted by atomic mass is 9.99. The number of hydrogen-bond acceptors (Lipinski definition) is 2. The fourth-order valence-corrected chi connectivity index (χ4v) is 5.51. The Morgan fingerprint density at radius 1 is 0.278 bits per heavy atom. The maximum absolute atomic E-state index is 10.3. The minimum absolute atomic E-state index is 0.559. The van der Waals surface area contributed by atoms with Crippen molar-refractivity contribution in [2.45, 2.75) is 219 Å². The van der Waals surface area contributed by atoms with Gasteiger partial charge in [0.1, 0.15) is 0 Å². The van der Waals surface area contributed by atoms with Crippen LogP contribution in [0.5, 0.6) is 0 Å². The first-order valence-electron chi connectivity index (χ1n) is 17.1. The summed E-state index contributed by atoms with van der Waals surface area (Å²) in [6, 6.07) is 0. The van der Waals surface area contributed by atoms with Crippen LogP contribution in [0.2, 0.25) is 0 Å². The Labute approximate surface area is 228 Å². The lowest BCUT2D eigenvalue weighted by Crippen LogP contribution is -2.27. The van der Waals surface area contributed by atoms with Gasteiger partial charge in [-0.05, 0) is 12.8 Å². The quantitative estimate of drug-likeness (QED) is 0.0719. The SMILES string of the molecule is CCCCCCCCCCCCCCCCCCC(O)(O)CCCCCCCCCCCCCCC. The molecule has 0 spiro atoms. The molecule has 0 saturated heterocycles. The van der Waals surface area contributed by atoms with E-state index in [-0.39, 0.29) is 0 Å². The molecule has 0 aromatic carbocycles. The molecule has 0 aromatic rings. The summed E-state index contributed by atoms with van der Waals surface area (Å²) in [5, 5.41) is 20.5. The monoisotopic (exact) mass is 511 g/mol. The van der Waals surface area contributed by atoms with Gasteiger partial charge in [-0.15, -0.1) is 0 Å². The van der Waals surface area contributed by atoms with E-state index in [9.17, 15) is 10.2 Å². The molecule has 218 valence electrons. The maximum atomic E-state index is 10.3. The van der Waals surface area contributed by atoms with E-state index in [0.717, 1.165) is 25.7 Å². The number of aliphatic hydroxyl groups is 2. The van der Waals surface area contributed by atoms with Crippen LogP contribution in [0.1, 0.15) is 213 Å². The van der Waals surface area contributed by atoms with Crippen molar-refractivity contribution in [1.82, 2.24) is 0 Å². The molecule has 0 aliphatic heterocycles. The van der Waals surface area contributed by atoms with Crippen LogP contribution in [0.15, 0.2) is 0 Å². The van der Waals surface area contributed by atoms with Gasteiger partial charge >= 0.3 is 0 Å². The largest absolute Gasteiger partial charge is 0.366 e. The van der Waals surface area contributed by atoms with Crippen molar-refractivity contribution in [2.24, 2.45) is 0 Å². The first-order valence-corrected chi connectivity index (χ1v) is 17.1.